The Kier molecular flexibility index (Phi) is 5.77. The minimum Gasteiger partial charge on any atom is -0.502 e. The van der Waals surface area contributed by atoms with E-state index < -0.39 is 11.5 Å². The first-order valence-electron chi connectivity index (χ1n) is 9.90. The standard InChI is InChI=1S/C23H22N4O5S/c1-13-19(22(30)27(25(13)2)15-8-6-5-7-9-15)26-21(29)18(33-23(26)24)12-14-10-16(31-3)20(28)17(11-14)32-4/h5-12,24,28H,1-4H3/b18-12-,24-23?. The Morgan fingerprint density at radius 2 is 1.67 bits per heavy atom. The van der Waals surface area contributed by atoms with Crippen molar-refractivity contribution in [2.45, 2.75) is 6.92 Å². The maximum absolute atomic E-state index is 13.3. The van der Waals surface area contributed by atoms with Gasteiger partial charge in [-0.1, -0.05) is 18.2 Å². The number of rotatable bonds is 5. The molecule has 1 aliphatic rings. The van der Waals surface area contributed by atoms with Crippen LogP contribution < -0.4 is 19.9 Å². The van der Waals surface area contributed by atoms with Crippen molar-refractivity contribution in [2.75, 3.05) is 19.1 Å². The van der Waals surface area contributed by atoms with E-state index in [1.165, 1.54) is 18.9 Å². The Morgan fingerprint density at radius 3 is 2.24 bits per heavy atom. The van der Waals surface area contributed by atoms with Gasteiger partial charge in [0.25, 0.3) is 11.5 Å². The molecule has 170 valence electrons. The fourth-order valence-corrected chi connectivity index (χ4v) is 4.50. The topological polar surface area (TPSA) is 110 Å². The number of aromatic hydroxyl groups is 1. The Balaban J connectivity index is 1.78. The van der Waals surface area contributed by atoms with Crippen molar-refractivity contribution in [1.29, 1.82) is 5.41 Å². The molecule has 2 heterocycles. The molecule has 0 atom stereocenters. The molecule has 0 saturated carbocycles. The number of ether oxygens (including phenoxy) is 2. The van der Waals surface area contributed by atoms with E-state index in [1.54, 1.807) is 49.0 Å². The van der Waals surface area contributed by atoms with E-state index in [-0.39, 0.29) is 33.0 Å². The molecule has 1 aliphatic heterocycles. The van der Waals surface area contributed by atoms with Crippen LogP contribution in [0.25, 0.3) is 11.8 Å². The van der Waals surface area contributed by atoms with Crippen LogP contribution >= 0.6 is 11.8 Å². The maximum Gasteiger partial charge on any atom is 0.296 e. The minimum atomic E-state index is -0.484. The summed E-state index contributed by atoms with van der Waals surface area (Å²) in [6.07, 6.45) is 1.57. The summed E-state index contributed by atoms with van der Waals surface area (Å²) in [7, 11) is 4.55. The molecule has 1 fully saturated rings. The molecule has 0 radical (unpaired) electrons. The quantitative estimate of drug-likeness (QED) is 0.559. The van der Waals surface area contributed by atoms with Crippen LogP contribution in [-0.2, 0) is 11.8 Å². The van der Waals surface area contributed by atoms with E-state index in [2.05, 4.69) is 0 Å². The number of nitrogens with one attached hydrogen (secondary N) is 1. The van der Waals surface area contributed by atoms with Crippen molar-refractivity contribution >= 4 is 34.6 Å². The normalized spacial score (nSPS) is 14.9. The second-order valence-corrected chi connectivity index (χ2v) is 8.27. The molecule has 0 unspecified atom stereocenters. The van der Waals surface area contributed by atoms with Crippen LogP contribution in [0.2, 0.25) is 0 Å². The van der Waals surface area contributed by atoms with Crippen molar-refractivity contribution in [2.24, 2.45) is 7.05 Å². The van der Waals surface area contributed by atoms with E-state index in [0.29, 0.717) is 16.9 Å². The van der Waals surface area contributed by atoms with Gasteiger partial charge in [-0.3, -0.25) is 19.7 Å². The summed E-state index contributed by atoms with van der Waals surface area (Å²) in [4.78, 5) is 28.0. The van der Waals surface area contributed by atoms with Gasteiger partial charge in [0.2, 0.25) is 5.75 Å². The molecule has 1 aromatic heterocycles. The van der Waals surface area contributed by atoms with Gasteiger partial charge in [-0.15, -0.1) is 0 Å². The van der Waals surface area contributed by atoms with Gasteiger partial charge in [0, 0.05) is 7.05 Å². The number of anilines is 1. The smallest absolute Gasteiger partial charge is 0.296 e. The molecule has 0 aliphatic carbocycles. The summed E-state index contributed by atoms with van der Waals surface area (Å²) >= 11 is 0.950. The number of phenols is 1. The zero-order chi connectivity index (χ0) is 23.9. The molecular formula is C23H22N4O5S. The SMILES string of the molecule is COc1cc(/C=C2\SC(=N)N(c3c(C)n(C)n(-c4ccccc4)c3=O)C2=O)cc(OC)c1O. The van der Waals surface area contributed by atoms with E-state index in [4.69, 9.17) is 14.9 Å². The molecule has 0 bridgehead atoms. The van der Waals surface area contributed by atoms with E-state index in [0.717, 1.165) is 16.7 Å². The van der Waals surface area contributed by atoms with E-state index >= 15 is 0 Å². The van der Waals surface area contributed by atoms with Gasteiger partial charge in [0.1, 0.15) is 5.69 Å². The molecule has 3 aromatic rings. The molecular weight excluding hydrogens is 444 g/mol. The molecule has 4 rings (SSSR count). The van der Waals surface area contributed by atoms with Crippen LogP contribution in [0, 0.1) is 12.3 Å². The van der Waals surface area contributed by atoms with Crippen LogP contribution in [0.4, 0.5) is 5.69 Å². The number of para-hydroxylation sites is 1. The number of phenolic OH excluding ortho intramolecular Hbond substituents is 1. The monoisotopic (exact) mass is 466 g/mol. The lowest BCUT2D eigenvalue weighted by atomic mass is 10.1. The summed E-state index contributed by atoms with van der Waals surface area (Å²) in [6.45, 7) is 1.73. The van der Waals surface area contributed by atoms with Crippen LogP contribution in [0.1, 0.15) is 11.3 Å². The third kappa shape index (κ3) is 3.68. The van der Waals surface area contributed by atoms with Gasteiger partial charge in [-0.2, -0.15) is 0 Å². The first-order valence-corrected chi connectivity index (χ1v) is 10.7. The summed E-state index contributed by atoms with van der Waals surface area (Å²) < 4.78 is 13.5. The van der Waals surface area contributed by atoms with Crippen LogP contribution in [0.5, 0.6) is 17.2 Å². The summed E-state index contributed by atoms with van der Waals surface area (Å²) in [5, 5.41) is 18.5. The number of aromatic nitrogens is 2. The molecule has 33 heavy (non-hydrogen) atoms. The number of hydrogen-bond donors (Lipinski definition) is 2. The average molecular weight is 467 g/mol. The average Bonchev–Trinajstić information content (AvgIpc) is 3.20. The molecule has 9 nitrogen and oxygen atoms in total. The minimum absolute atomic E-state index is 0.0741. The van der Waals surface area contributed by atoms with Crippen LogP contribution in [0.3, 0.4) is 0 Å². The lowest BCUT2D eigenvalue weighted by Crippen LogP contribution is -2.33. The first-order chi connectivity index (χ1) is 15.8. The first kappa shape index (κ1) is 22.3. The zero-order valence-corrected chi connectivity index (χ0v) is 19.3. The Morgan fingerprint density at radius 1 is 1.06 bits per heavy atom. The Labute approximate surface area is 193 Å². The fraction of sp³-hybridized carbons (Fsp3) is 0.174. The number of amidine groups is 1. The van der Waals surface area contributed by atoms with Crippen molar-refractivity contribution in [3.63, 3.8) is 0 Å². The number of benzene rings is 2. The molecule has 1 amide bonds. The number of carbonyl (C=O) groups is 1. The third-order valence-corrected chi connectivity index (χ3v) is 6.26. The number of amides is 1. The summed E-state index contributed by atoms with van der Waals surface area (Å²) in [6, 6.07) is 12.2. The number of nitrogens with zero attached hydrogens (tertiary/aromatic N) is 3. The Bertz CT molecular complexity index is 1330. The third-order valence-electron chi connectivity index (χ3n) is 5.37. The molecule has 1 saturated heterocycles. The second-order valence-electron chi connectivity index (χ2n) is 7.24. The number of methoxy groups -OCH3 is 2. The lowest BCUT2D eigenvalue weighted by Gasteiger charge is -2.12. The van der Waals surface area contributed by atoms with Gasteiger partial charge in [-0.05, 0) is 54.6 Å². The predicted molar refractivity (Wildman–Crippen MR) is 128 cm³/mol. The van der Waals surface area contributed by atoms with Gasteiger partial charge in [0.15, 0.2) is 16.7 Å². The highest BCUT2D eigenvalue weighted by Gasteiger charge is 2.38. The van der Waals surface area contributed by atoms with E-state index in [1.807, 2.05) is 18.2 Å². The second kappa shape index (κ2) is 8.55. The van der Waals surface area contributed by atoms with Crippen molar-refractivity contribution in [3.8, 4) is 22.9 Å². The molecule has 10 heteroatoms. The van der Waals surface area contributed by atoms with Crippen molar-refractivity contribution in [1.82, 2.24) is 9.36 Å². The predicted octanol–water partition coefficient (Wildman–Crippen LogP) is 3.26. The molecule has 0 spiro atoms. The molecule has 2 aromatic carbocycles. The summed E-state index contributed by atoms with van der Waals surface area (Å²) in [5.74, 6) is -0.258. The van der Waals surface area contributed by atoms with Crippen molar-refractivity contribution in [3.05, 3.63) is 69.0 Å². The highest BCUT2D eigenvalue weighted by molar-refractivity contribution is 8.19. The number of hydrogen-bond acceptors (Lipinski definition) is 7. The number of thioether (sulfide) groups is 1. The van der Waals surface area contributed by atoms with Crippen molar-refractivity contribution < 1.29 is 19.4 Å². The summed E-state index contributed by atoms with van der Waals surface area (Å²) in [5.41, 5.74) is 1.49. The highest BCUT2D eigenvalue weighted by atomic mass is 32.2. The highest BCUT2D eigenvalue weighted by Crippen LogP contribution is 2.40. The van der Waals surface area contributed by atoms with Gasteiger partial charge >= 0.3 is 0 Å². The van der Waals surface area contributed by atoms with Crippen LogP contribution in [0.15, 0.2) is 52.2 Å². The van der Waals surface area contributed by atoms with Gasteiger partial charge in [-0.25, -0.2) is 9.58 Å². The fourth-order valence-electron chi connectivity index (χ4n) is 3.65. The lowest BCUT2D eigenvalue weighted by molar-refractivity contribution is -0.113. The van der Waals surface area contributed by atoms with Gasteiger partial charge in [0.05, 0.1) is 30.5 Å². The molecule has 2 N–H and O–H groups in total. The zero-order valence-electron chi connectivity index (χ0n) is 18.4. The largest absolute Gasteiger partial charge is 0.502 e. The van der Waals surface area contributed by atoms with E-state index in [9.17, 15) is 14.7 Å². The number of carbonyl (C=O) groups excluding carboxylic acids is 1. The maximum atomic E-state index is 13.3. The van der Waals surface area contributed by atoms with Gasteiger partial charge < -0.3 is 14.6 Å². The van der Waals surface area contributed by atoms with Crippen LogP contribution in [-0.4, -0.2) is 39.8 Å². The Hall–Kier alpha value is -3.92.